The van der Waals surface area contributed by atoms with Crippen LogP contribution in [-0.4, -0.2) is 31.6 Å². The smallest absolute Gasteiger partial charge is 0.279 e. The molecule has 0 aliphatic carbocycles. The predicted molar refractivity (Wildman–Crippen MR) is 96.1 cm³/mol. The minimum atomic E-state index is -0.144. The monoisotopic (exact) mass is 360 g/mol. The van der Waals surface area contributed by atoms with Crippen molar-refractivity contribution in [1.82, 2.24) is 4.98 Å². The van der Waals surface area contributed by atoms with Gasteiger partial charge in [-0.1, -0.05) is 23.7 Å². The molecule has 1 aromatic heterocycles. The van der Waals surface area contributed by atoms with Crippen molar-refractivity contribution in [2.75, 3.05) is 26.0 Å². The first-order valence-corrected chi connectivity index (χ1v) is 8.22. The summed E-state index contributed by atoms with van der Waals surface area (Å²) in [5.74, 6) is 1.02. The van der Waals surface area contributed by atoms with Crippen LogP contribution in [0.1, 0.15) is 5.89 Å². The van der Waals surface area contributed by atoms with Crippen molar-refractivity contribution in [2.45, 2.75) is 6.54 Å². The fraction of sp³-hybridized carbons (Fsp3) is 0.222. The summed E-state index contributed by atoms with van der Waals surface area (Å²) in [6.07, 6.45) is 0. The van der Waals surface area contributed by atoms with Gasteiger partial charge in [0.15, 0.2) is 18.7 Å². The average Bonchev–Trinajstić information content (AvgIpc) is 2.96. The number of ether oxygens (including phenoxy) is 1. The van der Waals surface area contributed by atoms with Gasteiger partial charge in [-0.15, -0.1) is 0 Å². The highest BCUT2D eigenvalue weighted by Crippen LogP contribution is 2.27. The van der Waals surface area contributed by atoms with Gasteiger partial charge in [0.1, 0.15) is 11.3 Å². The molecule has 7 heteroatoms. The van der Waals surface area contributed by atoms with Crippen LogP contribution in [0, 0.1) is 0 Å². The molecular weight excluding hydrogens is 342 g/mol. The number of carbonyl (C=O) groups is 1. The number of amides is 1. The van der Waals surface area contributed by atoms with Crippen molar-refractivity contribution in [3.63, 3.8) is 0 Å². The molecule has 0 radical (unpaired) electrons. The molecule has 0 saturated heterocycles. The Morgan fingerprint density at radius 2 is 2.12 bits per heavy atom. The Bertz CT molecular complexity index is 861. The molecule has 1 atom stereocenters. The number of nitrogens with one attached hydrogen (secondary N) is 2. The number of likely N-dealkylation sites (N-methyl/N-ethyl adjacent to an activating group) is 1. The Hall–Kier alpha value is -2.57. The number of benzene rings is 2. The van der Waals surface area contributed by atoms with Crippen LogP contribution in [0.5, 0.6) is 5.75 Å². The van der Waals surface area contributed by atoms with Crippen molar-refractivity contribution in [3.05, 3.63) is 53.4 Å². The van der Waals surface area contributed by atoms with Crippen LogP contribution in [0.3, 0.4) is 0 Å². The first kappa shape index (κ1) is 17.3. The second-order valence-electron chi connectivity index (χ2n) is 5.78. The summed E-state index contributed by atoms with van der Waals surface area (Å²) in [6.45, 7) is 0.767. The first-order valence-electron chi connectivity index (χ1n) is 7.84. The Morgan fingerprint density at radius 3 is 2.88 bits per heavy atom. The zero-order chi connectivity index (χ0) is 17.8. The molecule has 3 aromatic rings. The van der Waals surface area contributed by atoms with Crippen LogP contribution in [0.4, 0.5) is 5.69 Å². The molecule has 25 heavy (non-hydrogen) atoms. The van der Waals surface area contributed by atoms with Crippen molar-refractivity contribution in [2.24, 2.45) is 0 Å². The zero-order valence-electron chi connectivity index (χ0n) is 14.0. The first-order chi connectivity index (χ1) is 12.0. The highest BCUT2D eigenvalue weighted by Gasteiger charge is 2.16. The number of rotatable bonds is 6. The number of carbonyl (C=O) groups excluding carboxylic acids is 1. The van der Waals surface area contributed by atoms with Gasteiger partial charge in [-0.2, -0.15) is 0 Å². The third-order valence-corrected chi connectivity index (χ3v) is 3.92. The summed E-state index contributed by atoms with van der Waals surface area (Å²) in [4.78, 5) is 17.7. The Morgan fingerprint density at radius 1 is 1.32 bits per heavy atom. The summed E-state index contributed by atoms with van der Waals surface area (Å²) < 4.78 is 10.9. The second-order valence-corrected chi connectivity index (χ2v) is 6.22. The molecule has 1 amide bonds. The lowest BCUT2D eigenvalue weighted by atomic mass is 10.3. The van der Waals surface area contributed by atoms with E-state index in [-0.39, 0.29) is 12.5 Å². The van der Waals surface area contributed by atoms with Crippen molar-refractivity contribution >= 4 is 34.3 Å². The Balaban J connectivity index is 1.61. The molecular formula is C18H19ClN3O3+. The van der Waals surface area contributed by atoms with E-state index in [9.17, 15) is 4.79 Å². The van der Waals surface area contributed by atoms with Gasteiger partial charge >= 0.3 is 0 Å². The fourth-order valence-electron chi connectivity index (χ4n) is 2.56. The standard InChI is InChI=1S/C18H18ClN3O3/c1-22(11-18-21-13-5-3-4-6-16(13)25-18)10-17(23)20-14-9-12(19)7-8-15(14)24-2/h3-9H,10-11H2,1-2H3,(H,20,23)/p+1. The van der Waals surface area contributed by atoms with E-state index < -0.39 is 0 Å². The van der Waals surface area contributed by atoms with Crippen molar-refractivity contribution < 1.29 is 18.8 Å². The SMILES string of the molecule is COc1ccc(Cl)cc1NC(=O)C[NH+](C)Cc1nc2ccccc2o1. The van der Waals surface area contributed by atoms with E-state index in [4.69, 9.17) is 20.8 Å². The maximum absolute atomic E-state index is 12.3. The van der Waals surface area contributed by atoms with Gasteiger partial charge in [-0.25, -0.2) is 4.98 Å². The predicted octanol–water partition coefficient (Wildman–Crippen LogP) is 2.14. The minimum absolute atomic E-state index is 0.144. The molecule has 6 nitrogen and oxygen atoms in total. The van der Waals surface area contributed by atoms with E-state index in [2.05, 4.69) is 10.3 Å². The number of hydrogen-bond donors (Lipinski definition) is 2. The van der Waals surface area contributed by atoms with Gasteiger partial charge in [0.25, 0.3) is 11.8 Å². The van der Waals surface area contributed by atoms with Crippen LogP contribution >= 0.6 is 11.6 Å². The molecule has 1 heterocycles. The van der Waals surface area contributed by atoms with Crippen LogP contribution in [-0.2, 0) is 11.3 Å². The number of methoxy groups -OCH3 is 1. The van der Waals surface area contributed by atoms with E-state index >= 15 is 0 Å². The lowest BCUT2D eigenvalue weighted by molar-refractivity contribution is -0.886. The van der Waals surface area contributed by atoms with Crippen LogP contribution < -0.4 is 15.0 Å². The molecule has 3 rings (SSSR count). The van der Waals surface area contributed by atoms with Crippen LogP contribution in [0.25, 0.3) is 11.1 Å². The molecule has 2 aromatic carbocycles. The van der Waals surface area contributed by atoms with Crippen molar-refractivity contribution in [3.8, 4) is 5.75 Å². The normalized spacial score (nSPS) is 12.1. The Kier molecular flexibility index (Phi) is 5.21. The molecule has 0 bridgehead atoms. The summed E-state index contributed by atoms with van der Waals surface area (Å²) >= 11 is 5.98. The highest BCUT2D eigenvalue weighted by atomic mass is 35.5. The summed E-state index contributed by atoms with van der Waals surface area (Å²) in [5, 5.41) is 3.36. The van der Waals surface area contributed by atoms with Crippen LogP contribution in [0.15, 0.2) is 46.9 Å². The van der Waals surface area contributed by atoms with E-state index in [1.807, 2.05) is 31.3 Å². The second kappa shape index (κ2) is 7.55. The lowest BCUT2D eigenvalue weighted by Crippen LogP contribution is -3.08. The van der Waals surface area contributed by atoms with Gasteiger partial charge in [0, 0.05) is 5.02 Å². The molecule has 0 aliphatic heterocycles. The van der Waals surface area contributed by atoms with Gasteiger partial charge in [0.05, 0.1) is 19.8 Å². The lowest BCUT2D eigenvalue weighted by Gasteiger charge is -2.13. The third kappa shape index (κ3) is 4.29. The number of oxazole rings is 1. The van der Waals surface area contributed by atoms with E-state index in [1.165, 1.54) is 0 Å². The van der Waals surface area contributed by atoms with Gasteiger partial charge in [-0.05, 0) is 30.3 Å². The van der Waals surface area contributed by atoms with E-state index in [0.29, 0.717) is 28.9 Å². The van der Waals surface area contributed by atoms with Gasteiger partial charge < -0.3 is 19.4 Å². The summed E-state index contributed by atoms with van der Waals surface area (Å²) in [6, 6.07) is 12.7. The molecule has 130 valence electrons. The molecule has 0 aliphatic rings. The minimum Gasteiger partial charge on any atom is -0.495 e. The quantitative estimate of drug-likeness (QED) is 0.706. The average molecular weight is 361 g/mol. The molecule has 2 N–H and O–H groups in total. The fourth-order valence-corrected chi connectivity index (χ4v) is 2.73. The third-order valence-electron chi connectivity index (χ3n) is 3.69. The van der Waals surface area contributed by atoms with Crippen molar-refractivity contribution in [1.29, 1.82) is 0 Å². The number of para-hydroxylation sites is 2. The summed E-state index contributed by atoms with van der Waals surface area (Å²) in [7, 11) is 3.45. The van der Waals surface area contributed by atoms with Crippen LogP contribution in [0.2, 0.25) is 5.02 Å². The highest BCUT2D eigenvalue weighted by molar-refractivity contribution is 6.31. The molecule has 1 unspecified atom stereocenters. The topological polar surface area (TPSA) is 68.8 Å². The molecule has 0 saturated carbocycles. The Labute approximate surface area is 150 Å². The maximum atomic E-state index is 12.3. The number of hydrogen-bond acceptors (Lipinski definition) is 4. The summed E-state index contributed by atoms with van der Waals surface area (Å²) in [5.41, 5.74) is 2.12. The van der Waals surface area contributed by atoms with Gasteiger partial charge in [0.2, 0.25) is 0 Å². The maximum Gasteiger partial charge on any atom is 0.279 e. The number of aromatic nitrogens is 1. The largest absolute Gasteiger partial charge is 0.495 e. The van der Waals surface area contributed by atoms with E-state index in [0.717, 1.165) is 16.0 Å². The zero-order valence-corrected chi connectivity index (χ0v) is 14.8. The number of anilines is 1. The molecule has 0 fully saturated rings. The number of quaternary nitrogens is 1. The van der Waals surface area contributed by atoms with Gasteiger partial charge in [-0.3, -0.25) is 4.79 Å². The van der Waals surface area contributed by atoms with E-state index in [1.54, 1.807) is 25.3 Å². The number of fused-ring (bicyclic) bond motifs is 1. The number of halogens is 1. The number of nitrogens with zero attached hydrogens (tertiary/aromatic N) is 1. The molecule has 0 spiro atoms.